The molecule has 0 unspecified atom stereocenters. The van der Waals surface area contributed by atoms with E-state index in [9.17, 15) is 32.7 Å². The van der Waals surface area contributed by atoms with Crippen LogP contribution < -0.4 is 10.9 Å². The molecule has 1 aromatic carbocycles. The number of aromatic hydroxyl groups is 1. The largest absolute Gasteiger partial charge is 0.505 e. The van der Waals surface area contributed by atoms with E-state index < -0.39 is 23.1 Å². The van der Waals surface area contributed by atoms with Crippen LogP contribution in [0.25, 0.3) is 11.4 Å². The van der Waals surface area contributed by atoms with E-state index in [1.165, 1.54) is 16.8 Å². The zero-order valence-corrected chi connectivity index (χ0v) is 27.7. The predicted molar refractivity (Wildman–Crippen MR) is 176 cm³/mol. The van der Waals surface area contributed by atoms with E-state index in [0.717, 1.165) is 48.7 Å². The molecule has 3 aliphatic carbocycles. The SMILES string of the molecule is O=C(Cn1c2c(c(=O)n3nc(C4=CCOCC4)nc13)[C@@]1(CCN(C(=O)c3ncccc3O)[C@H]3CC[C@H]31)[C@H]1C[C@@H]21)Nc1ccc(C(F)(F)F)cc1Cl. The highest BCUT2D eigenvalue weighted by atomic mass is 35.5. The van der Waals surface area contributed by atoms with Crippen LogP contribution in [0.1, 0.15) is 71.2 Å². The quantitative estimate of drug-likeness (QED) is 0.300. The molecule has 4 aromatic rings. The van der Waals surface area contributed by atoms with Crippen LogP contribution in [0.15, 0.2) is 47.4 Å². The van der Waals surface area contributed by atoms with E-state index in [1.54, 1.807) is 15.5 Å². The molecule has 51 heavy (non-hydrogen) atoms. The molecule has 5 aliphatic rings. The fourth-order valence-electron chi connectivity index (χ4n) is 9.13. The number of fused-ring (bicyclic) bond motifs is 8. The van der Waals surface area contributed by atoms with Crippen molar-refractivity contribution in [2.75, 3.05) is 25.1 Å². The summed E-state index contributed by atoms with van der Waals surface area (Å²) in [5.41, 5.74) is 0.357. The number of hydrogen-bond acceptors (Lipinski definition) is 8. The summed E-state index contributed by atoms with van der Waals surface area (Å²) in [6.45, 7) is 0.919. The minimum Gasteiger partial charge on any atom is -0.505 e. The summed E-state index contributed by atoms with van der Waals surface area (Å²) in [6, 6.07) is 5.56. The maximum Gasteiger partial charge on any atom is 0.416 e. The number of benzene rings is 1. The fourth-order valence-corrected chi connectivity index (χ4v) is 9.36. The maximum atomic E-state index is 14.7. The molecule has 1 saturated heterocycles. The number of halogens is 4. The molecule has 16 heteroatoms. The van der Waals surface area contributed by atoms with Gasteiger partial charge in [0, 0.05) is 41.4 Å². The Morgan fingerprint density at radius 2 is 2.02 bits per heavy atom. The molecule has 2 aliphatic heterocycles. The summed E-state index contributed by atoms with van der Waals surface area (Å²) in [7, 11) is 0. The molecule has 264 valence electrons. The van der Waals surface area contributed by atoms with Crippen LogP contribution in [0, 0.1) is 11.8 Å². The Hall–Kier alpha value is -4.76. The number of ether oxygens (including phenoxy) is 1. The molecule has 5 atom stereocenters. The highest BCUT2D eigenvalue weighted by Gasteiger charge is 2.70. The first-order valence-corrected chi connectivity index (χ1v) is 17.3. The molecule has 2 amide bonds. The second-order valence-electron chi connectivity index (χ2n) is 14.0. The van der Waals surface area contributed by atoms with Gasteiger partial charge in [-0.25, -0.2) is 4.98 Å². The topological polar surface area (TPSA) is 144 Å². The summed E-state index contributed by atoms with van der Waals surface area (Å²) in [5, 5.41) is 17.4. The van der Waals surface area contributed by atoms with Gasteiger partial charge in [0.05, 0.1) is 29.5 Å². The summed E-state index contributed by atoms with van der Waals surface area (Å²) in [6.07, 6.45) is 2.14. The number of amides is 2. The molecule has 3 fully saturated rings. The van der Waals surface area contributed by atoms with Crippen molar-refractivity contribution in [2.45, 2.75) is 62.2 Å². The van der Waals surface area contributed by atoms with Crippen molar-refractivity contribution < 1.29 is 32.6 Å². The molecule has 1 spiro atoms. The molecule has 5 heterocycles. The Morgan fingerprint density at radius 1 is 1.18 bits per heavy atom. The number of pyridine rings is 1. The van der Waals surface area contributed by atoms with Gasteiger partial charge in [0.2, 0.25) is 11.7 Å². The average molecular weight is 722 g/mol. The minimum absolute atomic E-state index is 0.00370. The number of aromatic nitrogens is 5. The third kappa shape index (κ3) is 4.84. The van der Waals surface area contributed by atoms with Gasteiger partial charge in [-0.1, -0.05) is 17.7 Å². The third-order valence-corrected chi connectivity index (χ3v) is 11.8. The first kappa shape index (κ1) is 32.2. The lowest BCUT2D eigenvalue weighted by molar-refractivity contribution is -0.137. The number of piperidine rings is 1. The molecule has 12 nitrogen and oxygen atoms in total. The lowest BCUT2D eigenvalue weighted by Gasteiger charge is -2.58. The van der Waals surface area contributed by atoms with Crippen LogP contribution >= 0.6 is 11.6 Å². The van der Waals surface area contributed by atoms with Gasteiger partial charge >= 0.3 is 6.18 Å². The van der Waals surface area contributed by atoms with Gasteiger partial charge < -0.3 is 24.6 Å². The first-order chi connectivity index (χ1) is 24.5. The molecule has 3 aromatic heterocycles. The Kier molecular flexibility index (Phi) is 7.17. The Bertz CT molecular complexity index is 2250. The van der Waals surface area contributed by atoms with Crippen LogP contribution in [-0.4, -0.2) is 71.8 Å². The Morgan fingerprint density at radius 3 is 2.73 bits per heavy atom. The highest BCUT2D eigenvalue weighted by Crippen LogP contribution is 2.72. The van der Waals surface area contributed by atoms with Gasteiger partial charge in [-0.2, -0.15) is 22.7 Å². The molecule has 2 saturated carbocycles. The Balaban J connectivity index is 1.12. The summed E-state index contributed by atoms with van der Waals surface area (Å²) < 4.78 is 48.3. The van der Waals surface area contributed by atoms with Gasteiger partial charge in [-0.15, -0.1) is 5.10 Å². The molecule has 2 N–H and O–H groups in total. The van der Waals surface area contributed by atoms with E-state index in [0.29, 0.717) is 44.0 Å². The lowest BCUT2D eigenvalue weighted by atomic mass is 9.54. The normalized spacial score (nSPS) is 26.3. The maximum absolute atomic E-state index is 14.7. The lowest BCUT2D eigenvalue weighted by Crippen LogP contribution is -2.64. The van der Waals surface area contributed by atoms with Gasteiger partial charge in [-0.3, -0.25) is 14.4 Å². The van der Waals surface area contributed by atoms with Crippen LogP contribution in [0.4, 0.5) is 18.9 Å². The van der Waals surface area contributed by atoms with Crippen molar-refractivity contribution in [1.29, 1.82) is 0 Å². The van der Waals surface area contributed by atoms with Crippen LogP contribution in [0.5, 0.6) is 5.75 Å². The minimum atomic E-state index is -4.60. The number of carbonyl (C=O) groups excluding carboxylic acids is 2. The summed E-state index contributed by atoms with van der Waals surface area (Å²) in [5.74, 6) is -0.470. The highest BCUT2D eigenvalue weighted by molar-refractivity contribution is 6.33. The zero-order chi connectivity index (χ0) is 35.4. The molecular weight excluding hydrogens is 691 g/mol. The first-order valence-electron chi connectivity index (χ1n) is 16.9. The fraction of sp³-hybridized carbons (Fsp3) is 0.429. The smallest absolute Gasteiger partial charge is 0.416 e. The summed E-state index contributed by atoms with van der Waals surface area (Å²) in [4.78, 5) is 52.7. The molecular formula is C35H31ClF3N7O5. The number of anilines is 1. The van der Waals surface area contributed by atoms with E-state index in [-0.39, 0.29) is 69.7 Å². The monoisotopic (exact) mass is 721 g/mol. The Labute approximate surface area is 292 Å². The van der Waals surface area contributed by atoms with Gasteiger partial charge in [0.15, 0.2) is 11.5 Å². The number of alkyl halides is 3. The van der Waals surface area contributed by atoms with E-state index in [1.807, 2.05) is 6.08 Å². The van der Waals surface area contributed by atoms with E-state index in [4.69, 9.17) is 21.3 Å². The second kappa shape index (κ2) is 11.4. The number of nitrogens with zero attached hydrogens (tertiary/aromatic N) is 6. The van der Waals surface area contributed by atoms with Crippen molar-refractivity contribution in [1.82, 2.24) is 29.0 Å². The number of nitrogens with one attached hydrogen (secondary N) is 1. The van der Waals surface area contributed by atoms with Crippen LogP contribution in [0.2, 0.25) is 5.02 Å². The van der Waals surface area contributed by atoms with Gasteiger partial charge in [0.25, 0.3) is 11.5 Å². The second-order valence-corrected chi connectivity index (χ2v) is 14.4. The van der Waals surface area contributed by atoms with Crippen molar-refractivity contribution in [3.63, 3.8) is 0 Å². The van der Waals surface area contributed by atoms with Gasteiger partial charge in [-0.05, 0) is 79.8 Å². The van der Waals surface area contributed by atoms with Crippen LogP contribution in [-0.2, 0) is 27.7 Å². The number of rotatable bonds is 5. The van der Waals surface area contributed by atoms with Gasteiger partial charge in [0.1, 0.15) is 12.3 Å². The number of likely N-dealkylation sites (tertiary alicyclic amines) is 1. The zero-order valence-electron chi connectivity index (χ0n) is 27.0. The summed E-state index contributed by atoms with van der Waals surface area (Å²) >= 11 is 6.18. The average Bonchev–Trinajstić information content (AvgIpc) is 3.67. The molecule has 0 radical (unpaired) electrons. The van der Waals surface area contributed by atoms with Crippen molar-refractivity contribution in [3.8, 4) is 5.75 Å². The van der Waals surface area contributed by atoms with E-state index in [2.05, 4.69) is 15.4 Å². The molecule has 9 rings (SSSR count). The number of carbonyl (C=O) groups is 2. The van der Waals surface area contributed by atoms with Crippen molar-refractivity contribution in [2.24, 2.45) is 11.8 Å². The van der Waals surface area contributed by atoms with Crippen molar-refractivity contribution >= 4 is 40.5 Å². The van der Waals surface area contributed by atoms with Crippen molar-refractivity contribution in [3.05, 3.63) is 86.3 Å². The van der Waals surface area contributed by atoms with Crippen LogP contribution in [0.3, 0.4) is 0 Å². The third-order valence-electron chi connectivity index (χ3n) is 11.5. The predicted octanol–water partition coefficient (Wildman–Crippen LogP) is 4.79. The standard InChI is InChI=1S/C35H31ClF3N7O5/c36-22-14-18(35(37,38)39)3-5-23(22)41-26(48)16-45-29-19-15-21(19)34(27(29)31(49)46-33(45)42-30(43-46)17-7-12-51-13-8-17)9-11-44(24-6-4-20(24)34)32(50)28-25(47)2-1-10-40-28/h1-3,5,7,10,14,19-21,24,47H,4,6,8-9,11-13,15-16H2,(H,41,48)/t19-,20-,21+,24+,34-/m1/s1. The van der Waals surface area contributed by atoms with E-state index >= 15 is 0 Å². The molecule has 0 bridgehead atoms. The number of hydrogen-bond donors (Lipinski definition) is 2.